The first-order valence-electron chi connectivity index (χ1n) is 4.01. The van der Waals surface area contributed by atoms with Crippen LogP contribution >= 0.6 is 11.6 Å². The zero-order valence-corrected chi connectivity index (χ0v) is 9.15. The van der Waals surface area contributed by atoms with Crippen LogP contribution in [0.1, 0.15) is 0 Å². The molecule has 0 saturated carbocycles. The normalized spacial score (nSPS) is 11.4. The highest BCUT2D eigenvalue weighted by Gasteiger charge is 2.13. The quantitative estimate of drug-likeness (QED) is 0.848. The van der Waals surface area contributed by atoms with Crippen molar-refractivity contribution in [3.8, 4) is 0 Å². The number of rotatable bonds is 4. The fourth-order valence-electron chi connectivity index (χ4n) is 0.921. The highest BCUT2D eigenvalue weighted by molar-refractivity contribution is 7.92. The average molecular weight is 254 g/mol. The fourth-order valence-corrected chi connectivity index (χ4v) is 1.93. The molecule has 2 N–H and O–H groups in total. The lowest BCUT2D eigenvalue weighted by Gasteiger charge is -2.07. The second-order valence-corrected chi connectivity index (χ2v) is 4.99. The number of hydrogen-bond donors (Lipinski definition) is 2. The molecule has 0 atom stereocenters. The van der Waals surface area contributed by atoms with Crippen LogP contribution in [0.4, 0.5) is 10.1 Å². The van der Waals surface area contributed by atoms with Crippen molar-refractivity contribution in [3.63, 3.8) is 0 Å². The standard InChI is InChI=1S/C8H9ClFNO3S/c9-6-2-1-3-7(8(6)10)11-15(13,14)5-4-12/h1-3,11-12H,4-5H2. The Balaban J connectivity index is 2.95. The number of sulfonamides is 1. The van der Waals surface area contributed by atoms with Gasteiger partial charge in [-0.1, -0.05) is 17.7 Å². The third-order valence-corrected chi connectivity index (χ3v) is 3.12. The number of aliphatic hydroxyl groups excluding tert-OH is 1. The van der Waals surface area contributed by atoms with E-state index in [1.54, 1.807) is 0 Å². The van der Waals surface area contributed by atoms with Crippen molar-refractivity contribution in [2.45, 2.75) is 0 Å². The third-order valence-electron chi connectivity index (χ3n) is 1.58. The topological polar surface area (TPSA) is 66.4 Å². The van der Waals surface area contributed by atoms with Gasteiger partial charge in [0.2, 0.25) is 10.0 Å². The molecule has 0 aliphatic rings. The lowest BCUT2D eigenvalue weighted by molar-refractivity contribution is 0.320. The molecule has 1 aromatic rings. The second-order valence-electron chi connectivity index (χ2n) is 2.75. The van der Waals surface area contributed by atoms with E-state index >= 15 is 0 Å². The molecule has 1 rings (SSSR count). The number of halogens is 2. The number of aliphatic hydroxyl groups is 1. The van der Waals surface area contributed by atoms with E-state index in [2.05, 4.69) is 0 Å². The van der Waals surface area contributed by atoms with Gasteiger partial charge in [-0.3, -0.25) is 4.72 Å². The maximum absolute atomic E-state index is 13.3. The van der Waals surface area contributed by atoms with E-state index in [1.165, 1.54) is 18.2 Å². The average Bonchev–Trinajstić information content (AvgIpc) is 2.12. The molecular formula is C8H9ClFNO3S. The number of anilines is 1. The Morgan fingerprint density at radius 3 is 2.73 bits per heavy atom. The summed E-state index contributed by atoms with van der Waals surface area (Å²) in [5.74, 6) is -1.32. The van der Waals surface area contributed by atoms with E-state index < -0.39 is 28.2 Å². The van der Waals surface area contributed by atoms with Crippen molar-refractivity contribution in [2.24, 2.45) is 0 Å². The number of nitrogens with one attached hydrogen (secondary N) is 1. The maximum atomic E-state index is 13.3. The minimum Gasteiger partial charge on any atom is -0.395 e. The van der Waals surface area contributed by atoms with E-state index in [0.717, 1.165) is 0 Å². The predicted molar refractivity (Wildman–Crippen MR) is 55.9 cm³/mol. The number of benzene rings is 1. The summed E-state index contributed by atoms with van der Waals surface area (Å²) in [5.41, 5.74) is -0.226. The summed E-state index contributed by atoms with van der Waals surface area (Å²) in [6.07, 6.45) is 0. The smallest absolute Gasteiger partial charge is 0.235 e. The molecule has 1 aromatic carbocycles. The summed E-state index contributed by atoms with van der Waals surface area (Å²) in [6, 6.07) is 3.97. The van der Waals surface area contributed by atoms with Gasteiger partial charge in [0.1, 0.15) is 0 Å². The van der Waals surface area contributed by atoms with Gasteiger partial charge in [0, 0.05) is 0 Å². The first-order chi connectivity index (χ1) is 6.96. The lowest BCUT2D eigenvalue weighted by Crippen LogP contribution is -2.19. The first-order valence-corrected chi connectivity index (χ1v) is 6.04. The molecule has 4 nitrogen and oxygen atoms in total. The van der Waals surface area contributed by atoms with E-state index in [9.17, 15) is 12.8 Å². The summed E-state index contributed by atoms with van der Waals surface area (Å²) in [5, 5.41) is 8.30. The third kappa shape index (κ3) is 3.33. The Labute approximate surface area is 91.7 Å². The first kappa shape index (κ1) is 12.2. The van der Waals surface area contributed by atoms with Crippen molar-refractivity contribution >= 4 is 27.3 Å². The van der Waals surface area contributed by atoms with Crippen LogP contribution in [-0.4, -0.2) is 25.9 Å². The van der Waals surface area contributed by atoms with Crippen molar-refractivity contribution in [3.05, 3.63) is 29.0 Å². The molecule has 0 aliphatic heterocycles. The monoisotopic (exact) mass is 253 g/mol. The van der Waals surface area contributed by atoms with Gasteiger partial charge in [0.15, 0.2) is 5.82 Å². The van der Waals surface area contributed by atoms with Crippen LogP contribution in [0.5, 0.6) is 0 Å². The second kappa shape index (κ2) is 4.78. The lowest BCUT2D eigenvalue weighted by atomic mass is 10.3. The molecule has 0 aromatic heterocycles. The minimum atomic E-state index is -3.72. The molecule has 0 unspecified atom stereocenters. The Bertz CT molecular complexity index is 449. The molecular weight excluding hydrogens is 245 g/mol. The molecule has 0 radical (unpaired) electrons. The fraction of sp³-hybridized carbons (Fsp3) is 0.250. The summed E-state index contributed by atoms with van der Waals surface area (Å²) >= 11 is 5.46. The van der Waals surface area contributed by atoms with Crippen molar-refractivity contribution < 1.29 is 17.9 Å². The Morgan fingerprint density at radius 2 is 2.13 bits per heavy atom. The van der Waals surface area contributed by atoms with Crippen LogP contribution in [0, 0.1) is 5.82 Å². The Morgan fingerprint density at radius 1 is 1.47 bits per heavy atom. The van der Waals surface area contributed by atoms with E-state index in [1.807, 2.05) is 4.72 Å². The van der Waals surface area contributed by atoms with E-state index in [4.69, 9.17) is 16.7 Å². The summed E-state index contributed by atoms with van der Waals surface area (Å²) in [6.45, 7) is -0.530. The van der Waals surface area contributed by atoms with E-state index in [0.29, 0.717) is 0 Å². The molecule has 0 amide bonds. The van der Waals surface area contributed by atoms with Crippen molar-refractivity contribution in [1.29, 1.82) is 0 Å². The van der Waals surface area contributed by atoms with Crippen LogP contribution in [0.2, 0.25) is 5.02 Å². The summed E-state index contributed by atoms with van der Waals surface area (Å²) in [7, 11) is -3.72. The zero-order valence-electron chi connectivity index (χ0n) is 7.57. The maximum Gasteiger partial charge on any atom is 0.235 e. The molecule has 0 fully saturated rings. The summed E-state index contributed by atoms with van der Waals surface area (Å²) < 4.78 is 37.6. The van der Waals surface area contributed by atoms with Gasteiger partial charge < -0.3 is 5.11 Å². The van der Waals surface area contributed by atoms with Crippen LogP contribution in [0.25, 0.3) is 0 Å². The van der Waals surface area contributed by atoms with Gasteiger partial charge in [-0.2, -0.15) is 0 Å². The highest BCUT2D eigenvalue weighted by atomic mass is 35.5. The minimum absolute atomic E-state index is 0.167. The molecule has 0 bridgehead atoms. The largest absolute Gasteiger partial charge is 0.395 e. The van der Waals surface area contributed by atoms with Gasteiger partial charge >= 0.3 is 0 Å². The zero-order chi connectivity index (χ0) is 11.5. The molecule has 84 valence electrons. The van der Waals surface area contributed by atoms with Crippen LogP contribution in [-0.2, 0) is 10.0 Å². The molecule has 7 heteroatoms. The van der Waals surface area contributed by atoms with Gasteiger partial charge in [0.25, 0.3) is 0 Å². The molecule has 15 heavy (non-hydrogen) atoms. The van der Waals surface area contributed by atoms with Crippen LogP contribution in [0.3, 0.4) is 0 Å². The molecule has 0 spiro atoms. The van der Waals surface area contributed by atoms with Crippen molar-refractivity contribution in [2.75, 3.05) is 17.1 Å². The van der Waals surface area contributed by atoms with Crippen LogP contribution < -0.4 is 4.72 Å². The molecule has 0 heterocycles. The van der Waals surface area contributed by atoms with E-state index in [-0.39, 0.29) is 10.7 Å². The molecule has 0 saturated heterocycles. The predicted octanol–water partition coefficient (Wildman–Crippen LogP) is 1.21. The SMILES string of the molecule is O=S(=O)(CCO)Nc1cccc(Cl)c1F. The summed E-state index contributed by atoms with van der Waals surface area (Å²) in [4.78, 5) is 0. The number of hydrogen-bond acceptors (Lipinski definition) is 3. The van der Waals surface area contributed by atoms with Gasteiger partial charge in [-0.25, -0.2) is 12.8 Å². The Hall–Kier alpha value is -0.850. The van der Waals surface area contributed by atoms with Gasteiger partial charge in [-0.05, 0) is 12.1 Å². The Kier molecular flexibility index (Phi) is 3.90. The molecule has 0 aliphatic carbocycles. The van der Waals surface area contributed by atoms with Gasteiger partial charge in [-0.15, -0.1) is 0 Å². The highest BCUT2D eigenvalue weighted by Crippen LogP contribution is 2.22. The van der Waals surface area contributed by atoms with Gasteiger partial charge in [0.05, 0.1) is 23.1 Å². The van der Waals surface area contributed by atoms with Crippen LogP contribution in [0.15, 0.2) is 18.2 Å². The van der Waals surface area contributed by atoms with Crippen molar-refractivity contribution in [1.82, 2.24) is 0 Å².